The molecule has 0 amide bonds. The normalized spacial score (nSPS) is 12.9. The summed E-state index contributed by atoms with van der Waals surface area (Å²) in [6, 6.07) is 6.25. The highest BCUT2D eigenvalue weighted by Crippen LogP contribution is 2.13. The van der Waals surface area contributed by atoms with E-state index < -0.39 is 0 Å². The second kappa shape index (κ2) is 5.87. The second-order valence-corrected chi connectivity index (χ2v) is 4.60. The van der Waals surface area contributed by atoms with E-state index in [4.69, 9.17) is 0 Å². The summed E-state index contributed by atoms with van der Waals surface area (Å²) in [4.78, 5) is 1.98. The van der Waals surface area contributed by atoms with Crippen LogP contribution in [0, 0.1) is 13.8 Å². The average molecular weight is 222 g/mol. The Morgan fingerprint density at radius 2 is 1.94 bits per heavy atom. The third-order valence-electron chi connectivity index (χ3n) is 2.62. The van der Waals surface area contributed by atoms with Gasteiger partial charge in [-0.25, -0.2) is 0 Å². The molecule has 0 aliphatic carbocycles. The van der Waals surface area contributed by atoms with E-state index in [1.807, 2.05) is 25.1 Å². The summed E-state index contributed by atoms with van der Waals surface area (Å²) in [6.45, 7) is 5.45. The van der Waals surface area contributed by atoms with Crippen LogP contribution >= 0.6 is 0 Å². The summed E-state index contributed by atoms with van der Waals surface area (Å²) in [6.07, 6.45) is -0.336. The van der Waals surface area contributed by atoms with Crippen LogP contribution in [0.1, 0.15) is 11.1 Å². The summed E-state index contributed by atoms with van der Waals surface area (Å²) >= 11 is 0. The molecule has 0 spiro atoms. The zero-order valence-electron chi connectivity index (χ0n) is 10.6. The molecule has 90 valence electrons. The van der Waals surface area contributed by atoms with Crippen molar-refractivity contribution in [2.45, 2.75) is 20.0 Å². The Labute approximate surface area is 98.1 Å². The van der Waals surface area contributed by atoms with Gasteiger partial charge >= 0.3 is 0 Å². The van der Waals surface area contributed by atoms with E-state index in [2.05, 4.69) is 31.3 Å². The van der Waals surface area contributed by atoms with Gasteiger partial charge in [-0.05, 0) is 51.2 Å². The molecular weight excluding hydrogens is 200 g/mol. The van der Waals surface area contributed by atoms with Gasteiger partial charge in [-0.15, -0.1) is 0 Å². The van der Waals surface area contributed by atoms with Gasteiger partial charge in [0.05, 0.1) is 6.10 Å². The molecule has 16 heavy (non-hydrogen) atoms. The molecule has 1 aromatic rings. The Kier molecular flexibility index (Phi) is 4.77. The lowest BCUT2D eigenvalue weighted by Gasteiger charge is -2.17. The molecule has 1 rings (SSSR count). The number of benzene rings is 1. The minimum absolute atomic E-state index is 0.336. The Morgan fingerprint density at radius 1 is 1.25 bits per heavy atom. The fourth-order valence-corrected chi connectivity index (χ4v) is 1.57. The molecule has 0 saturated heterocycles. The number of rotatable bonds is 5. The Morgan fingerprint density at radius 3 is 2.50 bits per heavy atom. The van der Waals surface area contributed by atoms with Gasteiger partial charge < -0.3 is 15.3 Å². The van der Waals surface area contributed by atoms with Crippen LogP contribution in [0.25, 0.3) is 0 Å². The molecule has 3 nitrogen and oxygen atoms in total. The number of hydrogen-bond donors (Lipinski definition) is 2. The van der Waals surface area contributed by atoms with Crippen molar-refractivity contribution in [2.24, 2.45) is 0 Å². The van der Waals surface area contributed by atoms with Crippen LogP contribution in [-0.4, -0.2) is 43.3 Å². The summed E-state index contributed by atoms with van der Waals surface area (Å²) in [5, 5.41) is 12.9. The van der Waals surface area contributed by atoms with Crippen molar-refractivity contribution in [1.82, 2.24) is 4.90 Å². The van der Waals surface area contributed by atoms with Crippen LogP contribution in [0.2, 0.25) is 0 Å². The molecule has 0 bridgehead atoms. The number of likely N-dealkylation sites (N-methyl/N-ethyl adjacent to an activating group) is 1. The predicted molar refractivity (Wildman–Crippen MR) is 69.0 cm³/mol. The van der Waals surface area contributed by atoms with Crippen molar-refractivity contribution in [3.8, 4) is 0 Å². The standard InChI is InChI=1S/C13H22N2O/c1-10-5-6-12(7-11(10)2)14-8-13(16)9-15(3)4/h5-7,13-14,16H,8-9H2,1-4H3. The van der Waals surface area contributed by atoms with E-state index >= 15 is 0 Å². The van der Waals surface area contributed by atoms with E-state index in [0.29, 0.717) is 13.1 Å². The Bertz CT molecular complexity index is 337. The second-order valence-electron chi connectivity index (χ2n) is 4.60. The highest BCUT2D eigenvalue weighted by atomic mass is 16.3. The monoisotopic (exact) mass is 222 g/mol. The summed E-state index contributed by atoms with van der Waals surface area (Å²) < 4.78 is 0. The number of aliphatic hydroxyl groups excluding tert-OH is 1. The van der Waals surface area contributed by atoms with Crippen molar-refractivity contribution in [3.63, 3.8) is 0 Å². The SMILES string of the molecule is Cc1ccc(NCC(O)CN(C)C)cc1C. The first kappa shape index (κ1) is 13.0. The van der Waals surface area contributed by atoms with Crippen LogP contribution in [0.5, 0.6) is 0 Å². The number of nitrogens with one attached hydrogen (secondary N) is 1. The molecule has 1 aromatic carbocycles. The maximum Gasteiger partial charge on any atom is 0.0838 e. The number of aliphatic hydroxyl groups is 1. The molecule has 0 heterocycles. The molecule has 2 N–H and O–H groups in total. The lowest BCUT2D eigenvalue weighted by atomic mass is 10.1. The lowest BCUT2D eigenvalue weighted by Crippen LogP contribution is -2.31. The number of anilines is 1. The highest BCUT2D eigenvalue weighted by Gasteiger charge is 2.05. The highest BCUT2D eigenvalue weighted by molar-refractivity contribution is 5.48. The van der Waals surface area contributed by atoms with Crippen LogP contribution in [0.3, 0.4) is 0 Å². The van der Waals surface area contributed by atoms with Gasteiger partial charge in [0.2, 0.25) is 0 Å². The van der Waals surface area contributed by atoms with Crippen molar-refractivity contribution in [3.05, 3.63) is 29.3 Å². The summed E-state index contributed by atoms with van der Waals surface area (Å²) in [5.74, 6) is 0. The van der Waals surface area contributed by atoms with Crippen LogP contribution in [0.15, 0.2) is 18.2 Å². The quantitative estimate of drug-likeness (QED) is 0.795. The Balaban J connectivity index is 2.45. The molecule has 3 heteroatoms. The first-order valence-electron chi connectivity index (χ1n) is 5.63. The molecule has 0 radical (unpaired) electrons. The summed E-state index contributed by atoms with van der Waals surface area (Å²) in [7, 11) is 3.92. The zero-order valence-corrected chi connectivity index (χ0v) is 10.6. The fraction of sp³-hybridized carbons (Fsp3) is 0.538. The molecule has 1 unspecified atom stereocenters. The van der Waals surface area contributed by atoms with Crippen molar-refractivity contribution >= 4 is 5.69 Å². The first-order valence-corrected chi connectivity index (χ1v) is 5.63. The zero-order chi connectivity index (χ0) is 12.1. The topological polar surface area (TPSA) is 35.5 Å². The molecule has 1 atom stereocenters. The lowest BCUT2D eigenvalue weighted by molar-refractivity contribution is 0.148. The molecule has 0 aromatic heterocycles. The minimum Gasteiger partial charge on any atom is -0.390 e. The van der Waals surface area contributed by atoms with E-state index in [1.54, 1.807) is 0 Å². The van der Waals surface area contributed by atoms with Gasteiger partial charge in [-0.2, -0.15) is 0 Å². The van der Waals surface area contributed by atoms with E-state index in [0.717, 1.165) is 5.69 Å². The molecular formula is C13H22N2O. The van der Waals surface area contributed by atoms with Crippen LogP contribution in [-0.2, 0) is 0 Å². The number of hydrogen-bond acceptors (Lipinski definition) is 3. The Hall–Kier alpha value is -1.06. The van der Waals surface area contributed by atoms with Crippen molar-refractivity contribution in [1.29, 1.82) is 0 Å². The van der Waals surface area contributed by atoms with Crippen LogP contribution < -0.4 is 5.32 Å². The van der Waals surface area contributed by atoms with Gasteiger partial charge in [0.15, 0.2) is 0 Å². The van der Waals surface area contributed by atoms with Gasteiger partial charge in [0, 0.05) is 18.8 Å². The van der Waals surface area contributed by atoms with E-state index in [1.165, 1.54) is 11.1 Å². The van der Waals surface area contributed by atoms with Gasteiger partial charge in [-0.3, -0.25) is 0 Å². The van der Waals surface area contributed by atoms with Crippen molar-refractivity contribution < 1.29 is 5.11 Å². The van der Waals surface area contributed by atoms with Gasteiger partial charge in [0.1, 0.15) is 0 Å². The summed E-state index contributed by atoms with van der Waals surface area (Å²) in [5.41, 5.74) is 3.63. The maximum absolute atomic E-state index is 9.70. The van der Waals surface area contributed by atoms with Crippen LogP contribution in [0.4, 0.5) is 5.69 Å². The molecule has 0 aliphatic rings. The smallest absolute Gasteiger partial charge is 0.0838 e. The number of nitrogens with zero attached hydrogens (tertiary/aromatic N) is 1. The molecule has 0 fully saturated rings. The van der Waals surface area contributed by atoms with Gasteiger partial charge in [-0.1, -0.05) is 6.07 Å². The largest absolute Gasteiger partial charge is 0.390 e. The average Bonchev–Trinajstić information content (AvgIpc) is 2.19. The third-order valence-corrected chi connectivity index (χ3v) is 2.62. The first-order chi connectivity index (χ1) is 7.49. The van der Waals surface area contributed by atoms with Crippen molar-refractivity contribution in [2.75, 3.05) is 32.5 Å². The fourth-order valence-electron chi connectivity index (χ4n) is 1.57. The van der Waals surface area contributed by atoms with E-state index in [-0.39, 0.29) is 6.10 Å². The molecule has 0 saturated carbocycles. The maximum atomic E-state index is 9.70. The third kappa shape index (κ3) is 4.21. The number of aryl methyl sites for hydroxylation is 2. The predicted octanol–water partition coefficient (Wildman–Crippen LogP) is 1.64. The molecule has 0 aliphatic heterocycles. The minimum atomic E-state index is -0.336. The van der Waals surface area contributed by atoms with E-state index in [9.17, 15) is 5.11 Å². The van der Waals surface area contributed by atoms with Gasteiger partial charge in [0.25, 0.3) is 0 Å².